The van der Waals surface area contributed by atoms with Gasteiger partial charge < -0.3 is 5.11 Å². The Morgan fingerprint density at radius 2 is 1.86 bits per heavy atom. The molecule has 2 rings (SSSR count). The normalized spacial score (nSPS) is 11.5. The van der Waals surface area contributed by atoms with Crippen LogP contribution in [0.4, 0.5) is 5.69 Å². The van der Waals surface area contributed by atoms with Crippen LogP contribution in [0.1, 0.15) is 15.9 Å². The second-order valence-corrected chi connectivity index (χ2v) is 6.33. The Bertz CT molecular complexity index is 831. The summed E-state index contributed by atoms with van der Waals surface area (Å²) in [5, 5.41) is 10.3. The van der Waals surface area contributed by atoms with Crippen LogP contribution < -0.4 is 4.72 Å². The first-order valence-electron chi connectivity index (χ1n) is 6.16. The number of anilines is 1. The van der Waals surface area contributed by atoms with Crippen LogP contribution in [0.15, 0.2) is 53.9 Å². The topological polar surface area (TPSA) is 83.5 Å². The highest BCUT2D eigenvalue weighted by molar-refractivity contribution is 7.95. The molecule has 0 bridgehead atoms. The summed E-state index contributed by atoms with van der Waals surface area (Å²) in [6.45, 7) is 0. The van der Waals surface area contributed by atoms with Crippen LogP contribution in [0.25, 0.3) is 6.08 Å². The minimum absolute atomic E-state index is 0.00437. The molecule has 0 radical (unpaired) electrons. The zero-order chi connectivity index (χ0) is 16.2. The van der Waals surface area contributed by atoms with E-state index >= 15 is 0 Å². The Labute approximate surface area is 132 Å². The van der Waals surface area contributed by atoms with Crippen molar-refractivity contribution in [2.24, 2.45) is 0 Å². The van der Waals surface area contributed by atoms with E-state index in [1.54, 1.807) is 24.3 Å². The minimum atomic E-state index is -3.77. The minimum Gasteiger partial charge on any atom is -0.478 e. The van der Waals surface area contributed by atoms with Crippen molar-refractivity contribution < 1.29 is 18.3 Å². The first-order valence-corrected chi connectivity index (χ1v) is 8.08. The second-order valence-electron chi connectivity index (χ2n) is 4.36. The van der Waals surface area contributed by atoms with Gasteiger partial charge in [0.1, 0.15) is 0 Å². The van der Waals surface area contributed by atoms with Crippen LogP contribution in [0.2, 0.25) is 5.02 Å². The number of carboxylic acid groups (broad SMARTS) is 1. The van der Waals surface area contributed by atoms with Gasteiger partial charge in [-0.15, -0.1) is 0 Å². The molecule has 2 aromatic rings. The fourth-order valence-electron chi connectivity index (χ4n) is 1.69. The van der Waals surface area contributed by atoms with Crippen molar-refractivity contribution in [1.29, 1.82) is 0 Å². The highest BCUT2D eigenvalue weighted by Crippen LogP contribution is 2.18. The Morgan fingerprint density at radius 3 is 2.55 bits per heavy atom. The highest BCUT2D eigenvalue weighted by atomic mass is 35.5. The van der Waals surface area contributed by atoms with E-state index in [0.717, 1.165) is 5.41 Å². The zero-order valence-electron chi connectivity index (χ0n) is 11.2. The molecule has 2 aromatic carbocycles. The molecule has 22 heavy (non-hydrogen) atoms. The third-order valence-electron chi connectivity index (χ3n) is 2.70. The molecule has 0 atom stereocenters. The molecular formula is C15H12ClNO4S. The number of hydrogen-bond acceptors (Lipinski definition) is 3. The Hall–Kier alpha value is -2.31. The van der Waals surface area contributed by atoms with Crippen LogP contribution in [0.5, 0.6) is 0 Å². The van der Waals surface area contributed by atoms with Crippen molar-refractivity contribution in [2.45, 2.75) is 0 Å². The van der Waals surface area contributed by atoms with Crippen LogP contribution >= 0.6 is 11.6 Å². The van der Waals surface area contributed by atoms with Gasteiger partial charge in [0.15, 0.2) is 0 Å². The third kappa shape index (κ3) is 4.34. The van der Waals surface area contributed by atoms with Crippen LogP contribution in [0.3, 0.4) is 0 Å². The molecule has 0 fully saturated rings. The smallest absolute Gasteiger partial charge is 0.335 e. The fraction of sp³-hybridized carbons (Fsp3) is 0. The van der Waals surface area contributed by atoms with Gasteiger partial charge in [-0.1, -0.05) is 35.9 Å². The molecule has 0 saturated heterocycles. The molecule has 0 aliphatic heterocycles. The Kier molecular flexibility index (Phi) is 4.85. The number of aromatic carboxylic acids is 1. The van der Waals surface area contributed by atoms with E-state index in [0.29, 0.717) is 10.6 Å². The number of rotatable bonds is 5. The lowest BCUT2D eigenvalue weighted by molar-refractivity contribution is 0.0697. The summed E-state index contributed by atoms with van der Waals surface area (Å²) in [6.07, 6.45) is 1.37. The molecule has 0 heterocycles. The Balaban J connectivity index is 2.20. The number of benzene rings is 2. The zero-order valence-corrected chi connectivity index (χ0v) is 12.8. The van der Waals surface area contributed by atoms with Gasteiger partial charge >= 0.3 is 5.97 Å². The first kappa shape index (κ1) is 16.1. The molecule has 5 nitrogen and oxygen atoms in total. The summed E-state index contributed by atoms with van der Waals surface area (Å²) in [5.41, 5.74) is 0.729. The van der Waals surface area contributed by atoms with Gasteiger partial charge in [0.05, 0.1) is 11.0 Å². The number of carbonyl (C=O) groups is 1. The predicted octanol–water partition coefficient (Wildman–Crippen LogP) is 3.45. The molecule has 114 valence electrons. The van der Waals surface area contributed by atoms with Gasteiger partial charge in [0, 0.05) is 10.7 Å². The quantitative estimate of drug-likeness (QED) is 0.875. The van der Waals surface area contributed by atoms with Gasteiger partial charge in [-0.05, 0) is 35.9 Å². The molecule has 0 aliphatic carbocycles. The molecule has 0 aromatic heterocycles. The molecule has 2 N–H and O–H groups in total. The molecule has 0 unspecified atom stereocenters. The maximum absolute atomic E-state index is 12.0. The standard InChI is InChI=1S/C15H12ClNO4S/c16-14-7-2-1-4-11(14)8-9-22(20,21)17-13-6-3-5-12(10-13)15(18)19/h1-10,17H,(H,18,19). The summed E-state index contributed by atoms with van der Waals surface area (Å²) >= 11 is 5.94. The summed E-state index contributed by atoms with van der Waals surface area (Å²) in [7, 11) is -3.77. The van der Waals surface area contributed by atoms with Gasteiger partial charge in [-0.2, -0.15) is 0 Å². The summed E-state index contributed by atoms with van der Waals surface area (Å²) < 4.78 is 26.2. The van der Waals surface area contributed by atoms with E-state index < -0.39 is 16.0 Å². The second kappa shape index (κ2) is 6.64. The lowest BCUT2D eigenvalue weighted by Gasteiger charge is -2.05. The molecule has 0 saturated carbocycles. The average Bonchev–Trinajstić information content (AvgIpc) is 2.46. The van der Waals surface area contributed by atoms with Crippen LogP contribution in [-0.4, -0.2) is 19.5 Å². The van der Waals surface area contributed by atoms with E-state index in [1.807, 2.05) is 0 Å². The molecule has 0 amide bonds. The van der Waals surface area contributed by atoms with Gasteiger partial charge in [-0.3, -0.25) is 4.72 Å². The van der Waals surface area contributed by atoms with E-state index in [4.69, 9.17) is 16.7 Å². The fourth-order valence-corrected chi connectivity index (χ4v) is 2.74. The monoisotopic (exact) mass is 337 g/mol. The van der Waals surface area contributed by atoms with Gasteiger partial charge in [0.2, 0.25) is 0 Å². The summed E-state index contributed by atoms with van der Waals surface area (Å²) in [4.78, 5) is 10.9. The maximum Gasteiger partial charge on any atom is 0.335 e. The number of sulfonamides is 1. The molecule has 7 heteroatoms. The average molecular weight is 338 g/mol. The molecule has 0 aliphatic rings. The van der Waals surface area contributed by atoms with E-state index in [-0.39, 0.29) is 11.3 Å². The van der Waals surface area contributed by atoms with Crippen molar-refractivity contribution in [1.82, 2.24) is 0 Å². The van der Waals surface area contributed by atoms with Crippen LogP contribution in [0, 0.1) is 0 Å². The summed E-state index contributed by atoms with van der Waals surface area (Å²) in [5.74, 6) is -1.13. The summed E-state index contributed by atoms with van der Waals surface area (Å²) in [6, 6.07) is 12.3. The first-order chi connectivity index (χ1) is 10.4. The third-order valence-corrected chi connectivity index (χ3v) is 4.06. The molecule has 0 spiro atoms. The number of halogens is 1. The van der Waals surface area contributed by atoms with E-state index in [9.17, 15) is 13.2 Å². The van der Waals surface area contributed by atoms with E-state index in [1.165, 1.54) is 30.3 Å². The van der Waals surface area contributed by atoms with Crippen molar-refractivity contribution in [3.63, 3.8) is 0 Å². The van der Waals surface area contributed by atoms with Crippen LogP contribution in [-0.2, 0) is 10.0 Å². The van der Waals surface area contributed by atoms with Crippen molar-refractivity contribution in [3.8, 4) is 0 Å². The predicted molar refractivity (Wildman–Crippen MR) is 86.4 cm³/mol. The lowest BCUT2D eigenvalue weighted by Crippen LogP contribution is -2.09. The van der Waals surface area contributed by atoms with E-state index in [2.05, 4.69) is 4.72 Å². The number of carboxylic acids is 1. The van der Waals surface area contributed by atoms with Crippen molar-refractivity contribution >= 4 is 39.4 Å². The number of nitrogens with one attached hydrogen (secondary N) is 1. The maximum atomic E-state index is 12.0. The largest absolute Gasteiger partial charge is 0.478 e. The lowest BCUT2D eigenvalue weighted by atomic mass is 10.2. The van der Waals surface area contributed by atoms with Gasteiger partial charge in [-0.25, -0.2) is 13.2 Å². The SMILES string of the molecule is O=C(O)c1cccc(NS(=O)(=O)C=Cc2ccccc2Cl)c1. The van der Waals surface area contributed by atoms with Crippen molar-refractivity contribution in [3.05, 3.63) is 70.1 Å². The highest BCUT2D eigenvalue weighted by Gasteiger charge is 2.08. The molecular weight excluding hydrogens is 326 g/mol. The Morgan fingerprint density at radius 1 is 1.14 bits per heavy atom. The van der Waals surface area contributed by atoms with Gasteiger partial charge in [0.25, 0.3) is 10.0 Å². The number of hydrogen-bond donors (Lipinski definition) is 2. The van der Waals surface area contributed by atoms with Crippen molar-refractivity contribution in [2.75, 3.05) is 4.72 Å².